The zero-order chi connectivity index (χ0) is 18.0. The molecule has 3 aromatic rings. The molecule has 0 aliphatic rings. The molecule has 0 unspecified atom stereocenters. The second-order valence-electron chi connectivity index (χ2n) is 6.31. The number of benzene rings is 2. The Kier molecular flexibility index (Phi) is 5.00. The Labute approximate surface area is 153 Å². The topological polar surface area (TPSA) is 37.3 Å². The molecule has 0 radical (unpaired) electrons. The minimum absolute atomic E-state index is 0.797. The second-order valence-corrected chi connectivity index (χ2v) is 7.17. The van der Waals surface area contributed by atoms with Gasteiger partial charge < -0.3 is 0 Å². The molecule has 0 saturated heterocycles. The first-order valence-corrected chi connectivity index (χ1v) is 9.24. The van der Waals surface area contributed by atoms with Gasteiger partial charge in [-0.05, 0) is 62.4 Å². The van der Waals surface area contributed by atoms with Gasteiger partial charge >= 0.3 is 0 Å². The molecule has 0 bridgehead atoms. The fraction of sp³-hybridized carbons (Fsp3) is 0.238. The Morgan fingerprint density at radius 2 is 1.48 bits per heavy atom. The van der Waals surface area contributed by atoms with Crippen LogP contribution in [0.1, 0.15) is 33.4 Å². The first-order chi connectivity index (χ1) is 12.0. The molecular formula is C21H23N3S. The number of nitrogens with zero attached hydrogens (tertiary/aromatic N) is 2. The smallest absolute Gasteiger partial charge is 0.203 e. The highest BCUT2D eigenvalue weighted by Gasteiger charge is 2.10. The lowest BCUT2D eigenvalue weighted by molar-refractivity contribution is 1.16. The minimum Gasteiger partial charge on any atom is -0.253 e. The van der Waals surface area contributed by atoms with Crippen molar-refractivity contribution in [2.75, 3.05) is 5.43 Å². The maximum atomic E-state index is 4.60. The van der Waals surface area contributed by atoms with Gasteiger partial charge in [-0.2, -0.15) is 5.10 Å². The van der Waals surface area contributed by atoms with Crippen LogP contribution < -0.4 is 5.43 Å². The fourth-order valence-corrected chi connectivity index (χ4v) is 3.61. The van der Waals surface area contributed by atoms with E-state index in [4.69, 9.17) is 0 Å². The Balaban J connectivity index is 1.80. The van der Waals surface area contributed by atoms with Crippen molar-refractivity contribution in [3.63, 3.8) is 0 Å². The molecule has 0 saturated carbocycles. The minimum atomic E-state index is 0.797. The maximum absolute atomic E-state index is 4.60. The normalized spacial score (nSPS) is 11.2. The standard InChI is InChI=1S/C21H23N3S/c1-13-14(2)16(4)19(17(5)15(13)3)11-22-24-21-23-20(12-25-21)18-9-7-6-8-10-18/h6-12H,1-5H3,(H,23,24). The van der Waals surface area contributed by atoms with E-state index in [-0.39, 0.29) is 0 Å². The summed E-state index contributed by atoms with van der Waals surface area (Å²) < 4.78 is 0. The van der Waals surface area contributed by atoms with Crippen molar-refractivity contribution >= 4 is 22.7 Å². The van der Waals surface area contributed by atoms with Crippen LogP contribution in [0.4, 0.5) is 5.13 Å². The first kappa shape index (κ1) is 17.4. The van der Waals surface area contributed by atoms with E-state index in [9.17, 15) is 0 Å². The predicted octanol–water partition coefficient (Wildman–Crippen LogP) is 5.80. The van der Waals surface area contributed by atoms with Gasteiger partial charge in [0, 0.05) is 16.5 Å². The van der Waals surface area contributed by atoms with E-state index in [0.29, 0.717) is 0 Å². The van der Waals surface area contributed by atoms with E-state index < -0.39 is 0 Å². The molecule has 1 N–H and O–H groups in total. The van der Waals surface area contributed by atoms with Crippen molar-refractivity contribution in [3.05, 3.63) is 69.1 Å². The lowest BCUT2D eigenvalue weighted by Crippen LogP contribution is -2.03. The van der Waals surface area contributed by atoms with Crippen molar-refractivity contribution in [2.24, 2.45) is 5.10 Å². The lowest BCUT2D eigenvalue weighted by atomic mass is 9.90. The van der Waals surface area contributed by atoms with E-state index in [0.717, 1.165) is 16.4 Å². The first-order valence-electron chi connectivity index (χ1n) is 8.36. The molecule has 2 aromatic carbocycles. The van der Waals surface area contributed by atoms with Gasteiger partial charge in [0.1, 0.15) is 0 Å². The third-order valence-corrected chi connectivity index (χ3v) is 5.73. The van der Waals surface area contributed by atoms with Crippen LogP contribution in [0.15, 0.2) is 40.8 Å². The summed E-state index contributed by atoms with van der Waals surface area (Å²) in [7, 11) is 0. The van der Waals surface area contributed by atoms with Crippen molar-refractivity contribution < 1.29 is 0 Å². The van der Waals surface area contributed by atoms with E-state index in [1.54, 1.807) is 11.3 Å². The largest absolute Gasteiger partial charge is 0.253 e. The SMILES string of the molecule is Cc1c(C)c(C)c(C=NNc2nc(-c3ccccc3)cs2)c(C)c1C. The van der Waals surface area contributed by atoms with E-state index in [2.05, 4.69) is 62.3 Å². The summed E-state index contributed by atoms with van der Waals surface area (Å²) in [5.41, 5.74) is 13.0. The molecule has 1 heterocycles. The highest BCUT2D eigenvalue weighted by atomic mass is 32.1. The van der Waals surface area contributed by atoms with Crippen molar-refractivity contribution in [2.45, 2.75) is 34.6 Å². The summed E-state index contributed by atoms with van der Waals surface area (Å²) >= 11 is 1.56. The number of hydrazone groups is 1. The van der Waals surface area contributed by atoms with E-state index in [1.807, 2.05) is 29.8 Å². The average molecular weight is 350 g/mol. The van der Waals surface area contributed by atoms with Gasteiger partial charge in [0.05, 0.1) is 11.9 Å². The molecule has 128 valence electrons. The number of anilines is 1. The predicted molar refractivity (Wildman–Crippen MR) is 109 cm³/mol. The summed E-state index contributed by atoms with van der Waals surface area (Å²) in [6.07, 6.45) is 1.91. The zero-order valence-electron chi connectivity index (χ0n) is 15.3. The second kappa shape index (κ2) is 7.19. The molecule has 4 heteroatoms. The summed E-state index contributed by atoms with van der Waals surface area (Å²) in [5.74, 6) is 0. The van der Waals surface area contributed by atoms with Crippen molar-refractivity contribution in [3.8, 4) is 11.3 Å². The van der Waals surface area contributed by atoms with E-state index in [1.165, 1.54) is 33.4 Å². The molecule has 0 amide bonds. The average Bonchev–Trinajstić information content (AvgIpc) is 3.11. The number of hydrogen-bond acceptors (Lipinski definition) is 4. The summed E-state index contributed by atoms with van der Waals surface area (Å²) in [4.78, 5) is 4.60. The van der Waals surface area contributed by atoms with Crippen LogP contribution in [0.2, 0.25) is 0 Å². The Bertz CT molecular complexity index is 895. The van der Waals surface area contributed by atoms with Crippen LogP contribution in [0.5, 0.6) is 0 Å². The quantitative estimate of drug-likeness (QED) is 0.477. The zero-order valence-corrected chi connectivity index (χ0v) is 16.2. The molecule has 0 spiro atoms. The molecule has 3 rings (SSSR count). The third-order valence-electron chi connectivity index (χ3n) is 4.99. The maximum Gasteiger partial charge on any atom is 0.203 e. The Morgan fingerprint density at radius 1 is 0.880 bits per heavy atom. The molecule has 0 aliphatic heterocycles. The van der Waals surface area contributed by atoms with Gasteiger partial charge in [0.2, 0.25) is 5.13 Å². The number of rotatable bonds is 4. The molecule has 3 nitrogen and oxygen atoms in total. The summed E-state index contributed by atoms with van der Waals surface area (Å²) in [6.45, 7) is 10.9. The van der Waals surface area contributed by atoms with Gasteiger partial charge in [-0.3, -0.25) is 5.43 Å². The molecule has 1 aromatic heterocycles. The Hall–Kier alpha value is -2.46. The monoisotopic (exact) mass is 349 g/mol. The summed E-state index contributed by atoms with van der Waals surface area (Å²) in [5, 5.41) is 7.27. The molecular weight excluding hydrogens is 326 g/mol. The Morgan fingerprint density at radius 3 is 2.12 bits per heavy atom. The molecule has 0 atom stereocenters. The van der Waals surface area contributed by atoms with Crippen LogP contribution in [0.25, 0.3) is 11.3 Å². The third kappa shape index (κ3) is 3.49. The fourth-order valence-electron chi connectivity index (χ4n) is 2.94. The van der Waals surface area contributed by atoms with Crippen LogP contribution in [-0.2, 0) is 0 Å². The van der Waals surface area contributed by atoms with Crippen molar-refractivity contribution in [1.29, 1.82) is 0 Å². The van der Waals surface area contributed by atoms with Gasteiger partial charge in [0.15, 0.2) is 0 Å². The van der Waals surface area contributed by atoms with Crippen LogP contribution in [0, 0.1) is 34.6 Å². The van der Waals surface area contributed by atoms with Crippen LogP contribution in [0.3, 0.4) is 0 Å². The molecule has 25 heavy (non-hydrogen) atoms. The number of nitrogens with one attached hydrogen (secondary N) is 1. The van der Waals surface area contributed by atoms with Gasteiger partial charge in [-0.25, -0.2) is 4.98 Å². The highest BCUT2D eigenvalue weighted by Crippen LogP contribution is 2.26. The number of aromatic nitrogens is 1. The van der Waals surface area contributed by atoms with Gasteiger partial charge in [-0.1, -0.05) is 30.3 Å². The van der Waals surface area contributed by atoms with Crippen LogP contribution >= 0.6 is 11.3 Å². The lowest BCUT2D eigenvalue weighted by Gasteiger charge is -2.15. The highest BCUT2D eigenvalue weighted by molar-refractivity contribution is 7.14. The number of hydrogen-bond donors (Lipinski definition) is 1. The van der Waals surface area contributed by atoms with Gasteiger partial charge in [0.25, 0.3) is 0 Å². The molecule has 0 fully saturated rings. The molecule has 0 aliphatic carbocycles. The number of thiazole rings is 1. The van der Waals surface area contributed by atoms with Gasteiger partial charge in [-0.15, -0.1) is 11.3 Å². The summed E-state index contributed by atoms with van der Waals surface area (Å²) in [6, 6.07) is 10.2. The van der Waals surface area contributed by atoms with Crippen LogP contribution in [-0.4, -0.2) is 11.2 Å². The van der Waals surface area contributed by atoms with E-state index >= 15 is 0 Å². The van der Waals surface area contributed by atoms with Crippen molar-refractivity contribution in [1.82, 2.24) is 4.98 Å².